The largest absolute Gasteiger partial charge is 0.368 e. The highest BCUT2D eigenvalue weighted by molar-refractivity contribution is 5.24. The second-order valence-corrected chi connectivity index (χ2v) is 7.43. The number of nitrogens with zero attached hydrogens (tertiary/aromatic N) is 2. The predicted molar refractivity (Wildman–Crippen MR) is 97.2 cm³/mol. The van der Waals surface area contributed by atoms with Gasteiger partial charge in [0.25, 0.3) is 0 Å². The highest BCUT2D eigenvalue weighted by Crippen LogP contribution is 2.32. The van der Waals surface area contributed by atoms with Gasteiger partial charge in [-0.25, -0.2) is 10.0 Å². The molecule has 0 saturated carbocycles. The zero-order valence-electron chi connectivity index (χ0n) is 15.4. The van der Waals surface area contributed by atoms with Crippen molar-refractivity contribution in [3.8, 4) is 0 Å². The van der Waals surface area contributed by atoms with E-state index in [-0.39, 0.29) is 5.41 Å². The summed E-state index contributed by atoms with van der Waals surface area (Å²) in [6, 6.07) is 11.3. The van der Waals surface area contributed by atoms with E-state index in [2.05, 4.69) is 74.1 Å². The zero-order chi connectivity index (χ0) is 16.9. The van der Waals surface area contributed by atoms with Crippen molar-refractivity contribution in [2.45, 2.75) is 52.0 Å². The fourth-order valence-electron chi connectivity index (χ4n) is 3.51. The topological polar surface area (TPSA) is 15.7 Å². The molecule has 1 saturated heterocycles. The third-order valence-corrected chi connectivity index (χ3v) is 4.63. The molecule has 0 bridgehead atoms. The Kier molecular flexibility index (Phi) is 6.40. The first kappa shape index (κ1) is 18.2. The molecule has 0 aliphatic carbocycles. The van der Waals surface area contributed by atoms with Crippen LogP contribution in [0, 0.1) is 0 Å². The maximum absolute atomic E-state index is 5.39. The molecule has 1 unspecified atom stereocenters. The Morgan fingerprint density at radius 2 is 1.91 bits per heavy atom. The monoisotopic (exact) mass is 316 g/mol. The number of methoxy groups -OCH3 is 1. The number of ether oxygens (including phenoxy) is 1. The van der Waals surface area contributed by atoms with Crippen molar-refractivity contribution < 1.29 is 4.74 Å². The van der Waals surface area contributed by atoms with Gasteiger partial charge in [-0.05, 0) is 37.7 Å². The molecular weight excluding hydrogens is 284 g/mol. The zero-order valence-corrected chi connectivity index (χ0v) is 15.4. The molecule has 0 amide bonds. The van der Waals surface area contributed by atoms with Gasteiger partial charge in [-0.15, -0.1) is 0 Å². The van der Waals surface area contributed by atoms with E-state index >= 15 is 0 Å². The minimum absolute atomic E-state index is 0.138. The Bertz CT molecular complexity index is 506. The molecule has 3 nitrogen and oxygen atoms in total. The minimum atomic E-state index is 0.138. The molecule has 128 valence electrons. The van der Waals surface area contributed by atoms with E-state index < -0.39 is 0 Å². The van der Waals surface area contributed by atoms with Gasteiger partial charge in [-0.1, -0.05) is 55.8 Å². The van der Waals surface area contributed by atoms with Crippen LogP contribution in [0.4, 0.5) is 0 Å². The molecule has 1 atom stereocenters. The summed E-state index contributed by atoms with van der Waals surface area (Å²) in [7, 11) is 1.78. The third kappa shape index (κ3) is 4.90. The summed E-state index contributed by atoms with van der Waals surface area (Å²) in [5.74, 6) is 0. The number of rotatable bonds is 7. The minimum Gasteiger partial charge on any atom is -0.368 e. The lowest BCUT2D eigenvalue weighted by molar-refractivity contribution is -0.0778. The molecule has 1 heterocycles. The molecule has 1 aromatic rings. The van der Waals surface area contributed by atoms with Gasteiger partial charge in [0, 0.05) is 26.2 Å². The molecule has 0 spiro atoms. The fraction of sp³-hybridized carbons (Fsp3) is 0.600. The van der Waals surface area contributed by atoms with E-state index in [1.807, 2.05) is 0 Å². The molecule has 0 aromatic heterocycles. The standard InChI is InChI=1S/C20H32N2O/c1-17(2)14-19(22-13-9-12-21(22)16-23-5)15-20(3,4)18-10-7-6-8-11-18/h6-8,10-11,14,19H,9,12-13,15-16H2,1-5H3. The molecule has 1 aliphatic rings. The first-order chi connectivity index (χ1) is 10.9. The van der Waals surface area contributed by atoms with Crippen molar-refractivity contribution >= 4 is 0 Å². The van der Waals surface area contributed by atoms with Crippen molar-refractivity contribution in [2.24, 2.45) is 0 Å². The summed E-state index contributed by atoms with van der Waals surface area (Å²) in [5, 5.41) is 4.85. The van der Waals surface area contributed by atoms with Gasteiger partial charge in [0.1, 0.15) is 6.73 Å². The fourth-order valence-corrected chi connectivity index (χ4v) is 3.51. The smallest absolute Gasteiger partial charge is 0.112 e. The second kappa shape index (κ2) is 8.09. The Hall–Kier alpha value is -1.16. The first-order valence-corrected chi connectivity index (χ1v) is 8.65. The Morgan fingerprint density at radius 1 is 1.22 bits per heavy atom. The van der Waals surface area contributed by atoms with Crippen molar-refractivity contribution in [1.82, 2.24) is 10.0 Å². The molecular formula is C20H32N2O. The lowest BCUT2D eigenvalue weighted by Gasteiger charge is -2.38. The van der Waals surface area contributed by atoms with Gasteiger partial charge in [-0.2, -0.15) is 0 Å². The van der Waals surface area contributed by atoms with Gasteiger partial charge in [0.2, 0.25) is 0 Å². The van der Waals surface area contributed by atoms with Crippen LogP contribution in [-0.4, -0.2) is 43.0 Å². The summed E-state index contributed by atoms with van der Waals surface area (Å²) in [6.45, 7) is 12.0. The number of allylic oxidation sites excluding steroid dienone is 1. The van der Waals surface area contributed by atoms with E-state index in [1.165, 1.54) is 17.6 Å². The molecule has 1 aromatic carbocycles. The van der Waals surface area contributed by atoms with Crippen LogP contribution in [0.3, 0.4) is 0 Å². The lowest BCUT2D eigenvalue weighted by Crippen LogP contribution is -2.46. The molecule has 0 radical (unpaired) electrons. The number of benzene rings is 1. The van der Waals surface area contributed by atoms with E-state index in [1.54, 1.807) is 7.11 Å². The summed E-state index contributed by atoms with van der Waals surface area (Å²) in [4.78, 5) is 0. The predicted octanol–water partition coefficient (Wildman–Crippen LogP) is 4.22. The number of hydrogen-bond donors (Lipinski definition) is 0. The summed E-state index contributed by atoms with van der Waals surface area (Å²) in [6.07, 6.45) is 4.73. The number of hydrazine groups is 1. The van der Waals surface area contributed by atoms with E-state index in [0.717, 1.165) is 19.5 Å². The maximum atomic E-state index is 5.39. The molecule has 23 heavy (non-hydrogen) atoms. The van der Waals surface area contributed by atoms with Crippen molar-refractivity contribution in [3.63, 3.8) is 0 Å². The van der Waals surface area contributed by atoms with Gasteiger partial charge >= 0.3 is 0 Å². The normalized spacial score (nSPS) is 18.1. The van der Waals surface area contributed by atoms with Gasteiger partial charge in [0.05, 0.1) is 0 Å². The third-order valence-electron chi connectivity index (χ3n) is 4.63. The average Bonchev–Trinajstić information content (AvgIpc) is 2.95. The van der Waals surface area contributed by atoms with Crippen molar-refractivity contribution in [1.29, 1.82) is 0 Å². The summed E-state index contributed by atoms with van der Waals surface area (Å²) in [5.41, 5.74) is 2.92. The van der Waals surface area contributed by atoms with Crippen LogP contribution in [-0.2, 0) is 10.2 Å². The van der Waals surface area contributed by atoms with E-state index in [9.17, 15) is 0 Å². The van der Waals surface area contributed by atoms with Crippen LogP contribution in [0.15, 0.2) is 42.0 Å². The van der Waals surface area contributed by atoms with Gasteiger partial charge in [-0.3, -0.25) is 0 Å². The van der Waals surface area contributed by atoms with Crippen molar-refractivity contribution in [2.75, 3.05) is 26.9 Å². The molecule has 3 heteroatoms. The SMILES string of the molecule is COCN1CCCN1C(C=C(C)C)CC(C)(C)c1ccccc1. The summed E-state index contributed by atoms with van der Waals surface area (Å²) >= 11 is 0. The maximum Gasteiger partial charge on any atom is 0.112 e. The van der Waals surface area contributed by atoms with Gasteiger partial charge in [0.15, 0.2) is 0 Å². The molecule has 0 N–H and O–H groups in total. The van der Waals surface area contributed by atoms with Crippen LogP contribution < -0.4 is 0 Å². The first-order valence-electron chi connectivity index (χ1n) is 8.65. The number of hydrogen-bond acceptors (Lipinski definition) is 3. The highest BCUT2D eigenvalue weighted by Gasteiger charge is 2.32. The van der Waals surface area contributed by atoms with E-state index in [0.29, 0.717) is 12.8 Å². The average molecular weight is 316 g/mol. The van der Waals surface area contributed by atoms with Crippen LogP contribution in [0.1, 0.15) is 46.1 Å². The van der Waals surface area contributed by atoms with E-state index in [4.69, 9.17) is 4.74 Å². The van der Waals surface area contributed by atoms with Gasteiger partial charge < -0.3 is 4.74 Å². The molecule has 1 fully saturated rings. The highest BCUT2D eigenvalue weighted by atomic mass is 16.5. The van der Waals surface area contributed by atoms with Crippen LogP contribution in [0.2, 0.25) is 0 Å². The molecule has 1 aliphatic heterocycles. The van der Waals surface area contributed by atoms with Crippen LogP contribution in [0.25, 0.3) is 0 Å². The lowest BCUT2D eigenvalue weighted by atomic mass is 9.78. The second-order valence-electron chi connectivity index (χ2n) is 7.43. The Morgan fingerprint density at radius 3 is 2.52 bits per heavy atom. The quantitative estimate of drug-likeness (QED) is 0.701. The van der Waals surface area contributed by atoms with Crippen molar-refractivity contribution in [3.05, 3.63) is 47.5 Å². The van der Waals surface area contributed by atoms with Crippen LogP contribution in [0.5, 0.6) is 0 Å². The Balaban J connectivity index is 2.20. The molecule has 2 rings (SSSR count). The van der Waals surface area contributed by atoms with Crippen LogP contribution >= 0.6 is 0 Å². The summed E-state index contributed by atoms with van der Waals surface area (Å²) < 4.78 is 5.39. The Labute approximate surface area is 141 Å².